The van der Waals surface area contributed by atoms with Gasteiger partial charge in [0.1, 0.15) is 30.4 Å². The zero-order chi connectivity index (χ0) is 24.7. The highest BCUT2D eigenvalue weighted by atomic mass is 35.5. The first-order valence-corrected chi connectivity index (χ1v) is 12.1. The number of pyridine rings is 2. The predicted molar refractivity (Wildman–Crippen MR) is 127 cm³/mol. The Bertz CT molecular complexity index is 1130. The van der Waals surface area contributed by atoms with Crippen LogP contribution in [0.1, 0.15) is 37.0 Å². The minimum absolute atomic E-state index is 0.0190. The van der Waals surface area contributed by atoms with Crippen LogP contribution >= 0.6 is 23.4 Å². The highest BCUT2D eigenvalue weighted by Gasteiger charge is 2.33. The molecular weight excluding hydrogens is 488 g/mol. The van der Waals surface area contributed by atoms with Gasteiger partial charge < -0.3 is 15.2 Å². The molecule has 12 heteroatoms. The van der Waals surface area contributed by atoms with Gasteiger partial charge in [-0.25, -0.2) is 18.3 Å². The first kappa shape index (κ1) is 26.0. The van der Waals surface area contributed by atoms with Crippen LogP contribution in [-0.2, 0) is 16.8 Å². The van der Waals surface area contributed by atoms with E-state index in [4.69, 9.17) is 36.0 Å². The normalized spacial score (nSPS) is 15.0. The molecule has 3 aromatic heterocycles. The number of aromatic nitrogens is 4. The van der Waals surface area contributed by atoms with Gasteiger partial charge in [-0.05, 0) is 43.4 Å². The van der Waals surface area contributed by atoms with Crippen molar-refractivity contribution in [2.45, 2.75) is 45.1 Å². The number of thioether (sulfide) groups is 1. The Kier molecular flexibility index (Phi) is 8.90. The number of amides is 1. The van der Waals surface area contributed by atoms with E-state index >= 15 is 0 Å². The van der Waals surface area contributed by atoms with Crippen molar-refractivity contribution >= 4 is 35.4 Å². The Morgan fingerprint density at radius 3 is 2.68 bits per heavy atom. The van der Waals surface area contributed by atoms with E-state index in [1.807, 2.05) is 30.8 Å². The van der Waals surface area contributed by atoms with Crippen LogP contribution in [-0.4, -0.2) is 50.5 Å². The van der Waals surface area contributed by atoms with Crippen LogP contribution in [0.15, 0.2) is 24.4 Å². The van der Waals surface area contributed by atoms with Gasteiger partial charge >= 0.3 is 0 Å². The van der Waals surface area contributed by atoms with Crippen molar-refractivity contribution in [3.63, 3.8) is 0 Å². The number of nitrogens with two attached hydrogens (primary N) is 1. The molecule has 0 bridgehead atoms. The van der Waals surface area contributed by atoms with Crippen LogP contribution in [0, 0.1) is 6.92 Å². The summed E-state index contributed by atoms with van der Waals surface area (Å²) in [5.74, 6) is 3.87. The smallest absolute Gasteiger partial charge is 0.272 e. The Hall–Kier alpha value is -2.66. The van der Waals surface area contributed by atoms with Crippen LogP contribution in [0.3, 0.4) is 0 Å². The highest BCUT2D eigenvalue weighted by molar-refractivity contribution is 7.99. The van der Waals surface area contributed by atoms with Crippen molar-refractivity contribution in [2.75, 3.05) is 18.1 Å². The number of halogens is 3. The van der Waals surface area contributed by atoms with Crippen molar-refractivity contribution < 1.29 is 23.0 Å². The van der Waals surface area contributed by atoms with Gasteiger partial charge in [-0.1, -0.05) is 18.5 Å². The highest BCUT2D eigenvalue weighted by Crippen LogP contribution is 2.36. The topological polar surface area (TPSA) is 105 Å². The number of carbonyl (C=O) groups is 1. The van der Waals surface area contributed by atoms with E-state index in [0.717, 1.165) is 41.5 Å². The maximum atomic E-state index is 12.5. The number of hydrogen-bond donors (Lipinski definition) is 1. The lowest BCUT2D eigenvalue weighted by molar-refractivity contribution is -0.106. The molecule has 1 saturated heterocycles. The molecule has 1 fully saturated rings. The predicted octanol–water partition coefficient (Wildman–Crippen LogP) is 4.20. The molecular formula is C22H26ClF2N5O3S. The summed E-state index contributed by atoms with van der Waals surface area (Å²) in [5, 5.41) is 5.08. The summed E-state index contributed by atoms with van der Waals surface area (Å²) in [6, 6.07) is 5.15. The van der Waals surface area contributed by atoms with Gasteiger partial charge in [0.2, 0.25) is 6.41 Å². The number of ether oxygens (including phenoxy) is 2. The monoisotopic (exact) mass is 513 g/mol. The van der Waals surface area contributed by atoms with Gasteiger partial charge in [0, 0.05) is 17.7 Å². The zero-order valence-electron chi connectivity index (χ0n) is 18.8. The van der Waals surface area contributed by atoms with Gasteiger partial charge in [0.15, 0.2) is 11.5 Å². The van der Waals surface area contributed by atoms with Gasteiger partial charge in [-0.2, -0.15) is 16.9 Å². The molecule has 0 aromatic carbocycles. The lowest BCUT2D eigenvalue weighted by Crippen LogP contribution is -2.28. The second kappa shape index (κ2) is 11.7. The molecule has 34 heavy (non-hydrogen) atoms. The minimum atomic E-state index is -2.59. The lowest BCUT2D eigenvalue weighted by atomic mass is 9.83. The molecule has 4 rings (SSSR count). The summed E-state index contributed by atoms with van der Waals surface area (Å²) < 4.78 is 38.0. The molecule has 3 aromatic rings. The summed E-state index contributed by atoms with van der Waals surface area (Å²) in [6.07, 6.45) is 1.20. The molecule has 8 nitrogen and oxygen atoms in total. The number of primary amides is 1. The van der Waals surface area contributed by atoms with Gasteiger partial charge in [0.05, 0.1) is 10.7 Å². The molecule has 0 unspecified atom stereocenters. The maximum absolute atomic E-state index is 12.5. The van der Waals surface area contributed by atoms with Gasteiger partial charge in [-0.3, -0.25) is 9.78 Å². The van der Waals surface area contributed by atoms with Crippen molar-refractivity contribution in [1.82, 2.24) is 19.6 Å². The second-order valence-electron chi connectivity index (χ2n) is 7.89. The number of fused-ring (bicyclic) bond motifs is 1. The van der Waals surface area contributed by atoms with Crippen LogP contribution in [0.25, 0.3) is 5.65 Å². The third kappa shape index (κ3) is 6.26. The molecule has 0 atom stereocenters. The summed E-state index contributed by atoms with van der Waals surface area (Å²) in [5.41, 5.74) is 6.10. The van der Waals surface area contributed by atoms with Crippen molar-refractivity contribution in [3.8, 4) is 11.5 Å². The number of rotatable bonds is 7. The standard InChI is InChI=1S/C21H23ClF2N4O2S.CH3NO/c1-13-16(29-11-15-17(30-12-18(23)24)9-14(22)10-25-15)3-4-19-26-20(27-28(13)19)21(2)5-7-31-8-6-21;2-1-3/h3-4,9-10,18H,5-8,11-12H2,1-2H3;1H,(H2,2,3). The van der Waals surface area contributed by atoms with E-state index in [0.29, 0.717) is 16.5 Å². The Morgan fingerprint density at radius 2 is 2.00 bits per heavy atom. The summed E-state index contributed by atoms with van der Waals surface area (Å²) in [7, 11) is 0. The fourth-order valence-corrected chi connectivity index (χ4v) is 5.03. The summed E-state index contributed by atoms with van der Waals surface area (Å²) in [4.78, 5) is 17.5. The second-order valence-corrected chi connectivity index (χ2v) is 9.55. The Morgan fingerprint density at radius 1 is 1.29 bits per heavy atom. The van der Waals surface area contributed by atoms with Gasteiger partial charge in [-0.15, -0.1) is 0 Å². The van der Waals surface area contributed by atoms with Crippen LogP contribution in [0.2, 0.25) is 5.02 Å². The fourth-order valence-electron chi connectivity index (χ4n) is 3.49. The molecule has 0 saturated carbocycles. The van der Waals surface area contributed by atoms with Crippen LogP contribution in [0.5, 0.6) is 11.5 Å². The molecule has 184 valence electrons. The SMILES string of the molecule is Cc1c(OCc2ncc(Cl)cc2OCC(F)F)ccc2nc(C3(C)CCSCC3)nn12.NC=O. The molecule has 2 N–H and O–H groups in total. The Labute approximate surface area is 205 Å². The van der Waals surface area contributed by atoms with Crippen LogP contribution in [0.4, 0.5) is 8.78 Å². The third-order valence-electron chi connectivity index (χ3n) is 5.45. The fraction of sp³-hybridized carbons (Fsp3) is 0.455. The number of carbonyl (C=O) groups excluding carboxylic acids is 1. The summed E-state index contributed by atoms with van der Waals surface area (Å²) in [6.45, 7) is 3.43. The van der Waals surface area contributed by atoms with Gasteiger partial charge in [0.25, 0.3) is 6.43 Å². The average Bonchev–Trinajstić information content (AvgIpc) is 3.25. The molecule has 0 radical (unpaired) electrons. The van der Waals surface area contributed by atoms with E-state index in [2.05, 4.69) is 17.6 Å². The third-order valence-corrected chi connectivity index (χ3v) is 6.65. The Balaban J connectivity index is 0.00000103. The number of nitrogens with zero attached hydrogens (tertiary/aromatic N) is 4. The average molecular weight is 514 g/mol. The van der Waals surface area contributed by atoms with Crippen LogP contribution < -0.4 is 15.2 Å². The molecule has 1 aliphatic rings. The quantitative estimate of drug-likeness (QED) is 0.472. The molecule has 1 aliphatic heterocycles. The summed E-state index contributed by atoms with van der Waals surface area (Å²) >= 11 is 7.89. The molecule has 0 spiro atoms. The molecule has 4 heterocycles. The largest absolute Gasteiger partial charge is 0.486 e. The maximum Gasteiger partial charge on any atom is 0.272 e. The lowest BCUT2D eigenvalue weighted by Gasteiger charge is -2.30. The van der Waals surface area contributed by atoms with E-state index in [1.165, 1.54) is 12.3 Å². The van der Waals surface area contributed by atoms with E-state index < -0.39 is 13.0 Å². The minimum Gasteiger partial charge on any atom is -0.486 e. The first-order chi connectivity index (χ1) is 16.3. The van der Waals surface area contributed by atoms with E-state index in [1.54, 1.807) is 4.52 Å². The molecule has 0 aliphatic carbocycles. The van der Waals surface area contributed by atoms with E-state index in [9.17, 15) is 8.78 Å². The van der Waals surface area contributed by atoms with Crippen molar-refractivity contribution in [3.05, 3.63) is 46.6 Å². The van der Waals surface area contributed by atoms with Crippen molar-refractivity contribution in [2.24, 2.45) is 5.73 Å². The number of alkyl halides is 2. The zero-order valence-corrected chi connectivity index (χ0v) is 20.4. The first-order valence-electron chi connectivity index (χ1n) is 10.6. The number of hydrogen-bond acceptors (Lipinski definition) is 7. The van der Waals surface area contributed by atoms with Crippen molar-refractivity contribution in [1.29, 1.82) is 0 Å². The molecule has 1 amide bonds. The number of aryl methyl sites for hydroxylation is 1. The van der Waals surface area contributed by atoms with E-state index in [-0.39, 0.29) is 24.2 Å².